The van der Waals surface area contributed by atoms with Crippen LogP contribution in [-0.2, 0) is 19.2 Å². The van der Waals surface area contributed by atoms with Gasteiger partial charge in [0.05, 0.1) is 6.42 Å². The van der Waals surface area contributed by atoms with Gasteiger partial charge in [-0.2, -0.15) is 0 Å². The molecule has 28 heavy (non-hydrogen) atoms. The molecule has 0 spiro atoms. The summed E-state index contributed by atoms with van der Waals surface area (Å²) in [4.78, 5) is 49.9. The van der Waals surface area contributed by atoms with E-state index in [1.807, 2.05) is 0 Å². The molecular formula is C18H23N5O5. The van der Waals surface area contributed by atoms with E-state index in [2.05, 4.69) is 5.32 Å². The first-order chi connectivity index (χ1) is 13.2. The highest BCUT2D eigenvalue weighted by atomic mass is 16.4. The van der Waals surface area contributed by atoms with Crippen LogP contribution in [0.3, 0.4) is 0 Å². The van der Waals surface area contributed by atoms with Gasteiger partial charge < -0.3 is 26.0 Å². The summed E-state index contributed by atoms with van der Waals surface area (Å²) in [6, 6.07) is 5.93. The number of piperazine rings is 1. The number of benzene rings is 1. The predicted molar refractivity (Wildman–Crippen MR) is 101 cm³/mol. The molecule has 1 fully saturated rings. The van der Waals surface area contributed by atoms with Gasteiger partial charge in [-0.15, -0.1) is 0 Å². The number of carboxylic acid groups (broad SMARTS) is 1. The van der Waals surface area contributed by atoms with Crippen LogP contribution >= 0.6 is 0 Å². The van der Waals surface area contributed by atoms with E-state index in [0.29, 0.717) is 11.3 Å². The molecule has 0 aromatic heterocycles. The largest absolute Gasteiger partial charge is 0.481 e. The minimum absolute atomic E-state index is 0.0176. The van der Waals surface area contributed by atoms with Crippen LogP contribution < -0.4 is 16.0 Å². The highest BCUT2D eigenvalue weighted by Gasteiger charge is 2.33. The number of anilines is 1. The molecule has 0 radical (unpaired) electrons. The maximum atomic E-state index is 12.4. The van der Waals surface area contributed by atoms with Gasteiger partial charge in [-0.1, -0.05) is 0 Å². The number of nitrogens with zero attached hydrogens (tertiary/aromatic N) is 2. The van der Waals surface area contributed by atoms with E-state index in [4.69, 9.17) is 16.2 Å². The highest BCUT2D eigenvalue weighted by molar-refractivity contribution is 6.41. The lowest BCUT2D eigenvalue weighted by Gasteiger charge is -2.33. The lowest BCUT2D eigenvalue weighted by atomic mass is 10.1. The van der Waals surface area contributed by atoms with E-state index < -0.39 is 23.8 Å². The third-order valence-electron chi connectivity index (χ3n) is 4.30. The Balaban J connectivity index is 1.90. The molecule has 1 aliphatic heterocycles. The van der Waals surface area contributed by atoms with Crippen LogP contribution in [0.1, 0.15) is 25.3 Å². The Morgan fingerprint density at radius 2 is 1.86 bits per heavy atom. The van der Waals surface area contributed by atoms with E-state index >= 15 is 0 Å². The van der Waals surface area contributed by atoms with Crippen molar-refractivity contribution in [3.8, 4) is 0 Å². The predicted octanol–water partition coefficient (Wildman–Crippen LogP) is -0.485. The first kappa shape index (κ1) is 20.9. The summed E-state index contributed by atoms with van der Waals surface area (Å²) in [5.41, 5.74) is 6.45. The molecule has 2 rings (SSSR count). The van der Waals surface area contributed by atoms with E-state index in [0.717, 1.165) is 0 Å². The molecule has 0 bridgehead atoms. The summed E-state index contributed by atoms with van der Waals surface area (Å²) in [6.45, 7) is 2.21. The number of hydrogen-bond acceptors (Lipinski definition) is 5. The number of rotatable bonds is 8. The van der Waals surface area contributed by atoms with Crippen LogP contribution in [0.15, 0.2) is 24.3 Å². The van der Waals surface area contributed by atoms with Crippen LogP contribution in [0, 0.1) is 5.41 Å². The van der Waals surface area contributed by atoms with Crippen LogP contribution in [-0.4, -0.2) is 65.2 Å². The fourth-order valence-corrected chi connectivity index (χ4v) is 2.85. The zero-order chi connectivity index (χ0) is 20.8. The number of nitrogen functional groups attached to an aromatic ring is 1. The smallest absolute Gasteiger partial charge is 0.316 e. The number of aliphatic carboxylic acids is 1. The van der Waals surface area contributed by atoms with Crippen LogP contribution in [0.25, 0.3) is 0 Å². The number of nitrogens with two attached hydrogens (primary N) is 1. The van der Waals surface area contributed by atoms with Crippen molar-refractivity contribution in [2.45, 2.75) is 25.8 Å². The minimum atomic E-state index is -1.01. The maximum Gasteiger partial charge on any atom is 0.316 e. The minimum Gasteiger partial charge on any atom is -0.481 e. The molecule has 10 heteroatoms. The van der Waals surface area contributed by atoms with E-state index in [1.165, 1.54) is 9.80 Å². The third kappa shape index (κ3) is 5.29. The number of nitrogens with one attached hydrogen (secondary N) is 2. The molecule has 1 unspecified atom stereocenters. The van der Waals surface area contributed by atoms with Gasteiger partial charge in [0.2, 0.25) is 5.91 Å². The molecule has 1 heterocycles. The Morgan fingerprint density at radius 1 is 1.21 bits per heavy atom. The van der Waals surface area contributed by atoms with Crippen molar-refractivity contribution < 1.29 is 24.3 Å². The molecular weight excluding hydrogens is 366 g/mol. The molecule has 1 aliphatic rings. The van der Waals surface area contributed by atoms with Crippen LogP contribution in [0.4, 0.5) is 5.69 Å². The normalized spacial score (nSPS) is 15.3. The van der Waals surface area contributed by atoms with E-state index in [9.17, 15) is 19.2 Å². The maximum absolute atomic E-state index is 12.4. The molecule has 1 aromatic carbocycles. The van der Waals surface area contributed by atoms with Crippen molar-refractivity contribution >= 4 is 35.2 Å². The van der Waals surface area contributed by atoms with Crippen LogP contribution in [0.5, 0.6) is 0 Å². The number of amides is 3. The molecule has 10 nitrogen and oxygen atoms in total. The third-order valence-corrected chi connectivity index (χ3v) is 4.30. The van der Waals surface area contributed by atoms with Crippen molar-refractivity contribution in [3.63, 3.8) is 0 Å². The molecule has 1 aromatic rings. The number of carbonyl (C=O) groups excluding carboxylic acids is 3. The second-order valence-electron chi connectivity index (χ2n) is 6.53. The number of hydrogen-bond donors (Lipinski definition) is 4. The van der Waals surface area contributed by atoms with Crippen molar-refractivity contribution in [2.24, 2.45) is 5.73 Å². The number of carboxylic acids is 1. The van der Waals surface area contributed by atoms with E-state index in [1.54, 1.807) is 31.2 Å². The van der Waals surface area contributed by atoms with Crippen molar-refractivity contribution in [1.29, 1.82) is 5.41 Å². The highest BCUT2D eigenvalue weighted by Crippen LogP contribution is 2.19. The average Bonchev–Trinajstić information content (AvgIpc) is 2.62. The molecule has 3 amide bonds. The molecule has 5 N–H and O–H groups in total. The summed E-state index contributed by atoms with van der Waals surface area (Å²) < 4.78 is 0. The Bertz CT molecular complexity index is 792. The molecule has 0 saturated carbocycles. The van der Waals surface area contributed by atoms with Crippen molar-refractivity contribution in [2.75, 3.05) is 24.5 Å². The lowest BCUT2D eigenvalue weighted by molar-refractivity contribution is -0.146. The first-order valence-corrected chi connectivity index (χ1v) is 8.75. The quantitative estimate of drug-likeness (QED) is 0.267. The van der Waals surface area contributed by atoms with Gasteiger partial charge in [0.25, 0.3) is 0 Å². The molecule has 1 saturated heterocycles. The monoisotopic (exact) mass is 389 g/mol. The topological polar surface area (TPSA) is 157 Å². The summed E-state index contributed by atoms with van der Waals surface area (Å²) in [7, 11) is 0. The number of amidine groups is 1. The summed E-state index contributed by atoms with van der Waals surface area (Å²) in [6.07, 6.45) is -0.208. The fraction of sp³-hybridized carbons (Fsp3) is 0.389. The first-order valence-electron chi connectivity index (χ1n) is 8.75. The van der Waals surface area contributed by atoms with Gasteiger partial charge in [-0.3, -0.25) is 24.6 Å². The van der Waals surface area contributed by atoms with Gasteiger partial charge in [-0.05, 0) is 31.2 Å². The zero-order valence-electron chi connectivity index (χ0n) is 15.5. The number of carbonyl (C=O) groups is 4. The standard InChI is InChI=1S/C18H23N5O5/c1-11(10-15(25)26)21-14(24)6-7-22-8-9-23(18(28)17(22)27)13-4-2-12(3-5-13)16(19)20/h2-5,11H,6-10H2,1H3,(H3,19,20)(H,21,24)(H,25,26). The molecule has 150 valence electrons. The SMILES string of the molecule is CC(CC(=O)O)NC(=O)CCN1CCN(c2ccc(C(=N)N)cc2)C(=O)C1=O. The lowest BCUT2D eigenvalue weighted by Crippen LogP contribution is -2.55. The summed E-state index contributed by atoms with van der Waals surface area (Å²) in [5.74, 6) is -2.87. The fourth-order valence-electron chi connectivity index (χ4n) is 2.85. The Labute approximate surface area is 161 Å². The average molecular weight is 389 g/mol. The molecule has 1 atom stereocenters. The second-order valence-corrected chi connectivity index (χ2v) is 6.53. The van der Waals surface area contributed by atoms with Gasteiger partial charge in [0.1, 0.15) is 5.84 Å². The summed E-state index contributed by atoms with van der Waals surface area (Å²) in [5, 5.41) is 18.6. The second kappa shape index (κ2) is 8.98. The van der Waals surface area contributed by atoms with E-state index in [-0.39, 0.29) is 44.2 Å². The van der Waals surface area contributed by atoms with Gasteiger partial charge in [-0.25, -0.2) is 0 Å². The zero-order valence-corrected chi connectivity index (χ0v) is 15.5. The van der Waals surface area contributed by atoms with Gasteiger partial charge in [0.15, 0.2) is 0 Å². The Morgan fingerprint density at radius 3 is 2.43 bits per heavy atom. The Hall–Kier alpha value is -3.43. The Kier molecular flexibility index (Phi) is 6.69. The van der Waals surface area contributed by atoms with Gasteiger partial charge in [0, 0.05) is 43.3 Å². The van der Waals surface area contributed by atoms with Crippen molar-refractivity contribution in [3.05, 3.63) is 29.8 Å². The molecule has 0 aliphatic carbocycles. The van der Waals surface area contributed by atoms with Gasteiger partial charge >= 0.3 is 17.8 Å². The van der Waals surface area contributed by atoms with Crippen LogP contribution in [0.2, 0.25) is 0 Å². The van der Waals surface area contributed by atoms with Crippen molar-refractivity contribution in [1.82, 2.24) is 10.2 Å². The summed E-state index contributed by atoms with van der Waals surface area (Å²) >= 11 is 0.